The molecule has 1 aliphatic heterocycles. The van der Waals surface area contributed by atoms with E-state index in [1.807, 2.05) is 25.7 Å². The lowest BCUT2D eigenvalue weighted by Crippen LogP contribution is -2.58. The van der Waals surface area contributed by atoms with Crippen molar-refractivity contribution in [1.29, 1.82) is 0 Å². The van der Waals surface area contributed by atoms with Gasteiger partial charge in [-0.15, -0.1) is 0 Å². The van der Waals surface area contributed by atoms with Crippen LogP contribution in [0.5, 0.6) is 0 Å². The van der Waals surface area contributed by atoms with Crippen LogP contribution in [0.4, 0.5) is 0 Å². The molecule has 110 valence electrons. The van der Waals surface area contributed by atoms with Crippen molar-refractivity contribution in [3.8, 4) is 0 Å². The number of carbonyl (C=O) groups is 1. The van der Waals surface area contributed by atoms with E-state index in [0.717, 1.165) is 24.5 Å². The summed E-state index contributed by atoms with van der Waals surface area (Å²) >= 11 is 0. The van der Waals surface area contributed by atoms with Crippen molar-refractivity contribution >= 4 is 5.97 Å². The van der Waals surface area contributed by atoms with Gasteiger partial charge in [0.2, 0.25) is 0 Å². The van der Waals surface area contributed by atoms with Gasteiger partial charge in [0.05, 0.1) is 11.4 Å². The maximum Gasteiger partial charge on any atom is 0.322 e. The largest absolute Gasteiger partial charge is 0.480 e. The fourth-order valence-electron chi connectivity index (χ4n) is 2.64. The van der Waals surface area contributed by atoms with Crippen LogP contribution in [0, 0.1) is 6.92 Å². The predicted octanol–water partition coefficient (Wildman–Crippen LogP) is 0.764. The molecular weight excluding hydrogens is 256 g/mol. The number of nitrogens with zero attached hydrogens (tertiary/aromatic N) is 4. The van der Waals surface area contributed by atoms with E-state index in [-0.39, 0.29) is 6.04 Å². The molecule has 0 spiro atoms. The number of rotatable bonds is 4. The lowest BCUT2D eigenvalue weighted by molar-refractivity contribution is -0.147. The number of piperazine rings is 1. The lowest BCUT2D eigenvalue weighted by atomic mass is 10.1. The molecule has 0 amide bonds. The minimum absolute atomic E-state index is 0.247. The molecule has 0 aliphatic carbocycles. The molecule has 1 aromatic rings. The van der Waals surface area contributed by atoms with E-state index in [9.17, 15) is 9.90 Å². The highest BCUT2D eigenvalue weighted by atomic mass is 16.4. The Balaban J connectivity index is 2.05. The Labute approximate surface area is 119 Å². The minimum Gasteiger partial charge on any atom is -0.480 e. The van der Waals surface area contributed by atoms with Crippen LogP contribution < -0.4 is 0 Å². The summed E-state index contributed by atoms with van der Waals surface area (Å²) in [5.41, 5.74) is 1.83. The number of aliphatic carboxylic acids is 1. The standard InChI is InChI=1S/C14H22N4O2/c1-10(2)18-7-6-17(9-13(18)14(19)20)8-12-11(3)15-4-5-16-12/h4-5,10,13H,6-9H2,1-3H3,(H,19,20). The van der Waals surface area contributed by atoms with Gasteiger partial charge >= 0.3 is 5.97 Å². The van der Waals surface area contributed by atoms with Crippen LogP contribution in [0.25, 0.3) is 0 Å². The topological polar surface area (TPSA) is 69.6 Å². The van der Waals surface area contributed by atoms with Gasteiger partial charge in [-0.05, 0) is 20.8 Å². The van der Waals surface area contributed by atoms with E-state index >= 15 is 0 Å². The van der Waals surface area contributed by atoms with Gasteiger partial charge in [0.1, 0.15) is 6.04 Å². The van der Waals surface area contributed by atoms with Crippen molar-refractivity contribution in [3.05, 3.63) is 23.8 Å². The summed E-state index contributed by atoms with van der Waals surface area (Å²) in [6.07, 6.45) is 3.36. The average Bonchev–Trinajstić information content (AvgIpc) is 2.41. The van der Waals surface area contributed by atoms with Crippen molar-refractivity contribution < 1.29 is 9.90 Å². The first-order chi connectivity index (χ1) is 9.49. The number of hydrogen-bond acceptors (Lipinski definition) is 5. The summed E-state index contributed by atoms with van der Waals surface area (Å²) in [6.45, 7) is 8.84. The molecule has 0 bridgehead atoms. The zero-order chi connectivity index (χ0) is 14.7. The average molecular weight is 278 g/mol. The summed E-state index contributed by atoms with van der Waals surface area (Å²) in [6, 6.07) is -0.197. The molecule has 2 rings (SSSR count). The molecule has 20 heavy (non-hydrogen) atoms. The predicted molar refractivity (Wildman–Crippen MR) is 75.3 cm³/mol. The van der Waals surface area contributed by atoms with Crippen LogP contribution in [-0.4, -0.2) is 62.6 Å². The zero-order valence-electron chi connectivity index (χ0n) is 12.3. The highest BCUT2D eigenvalue weighted by molar-refractivity contribution is 5.74. The molecule has 0 saturated carbocycles. The van der Waals surface area contributed by atoms with Gasteiger partial charge < -0.3 is 5.11 Å². The Morgan fingerprint density at radius 2 is 2.10 bits per heavy atom. The van der Waals surface area contributed by atoms with Gasteiger partial charge in [0.15, 0.2) is 0 Å². The fraction of sp³-hybridized carbons (Fsp3) is 0.643. The van der Waals surface area contributed by atoms with E-state index < -0.39 is 12.0 Å². The van der Waals surface area contributed by atoms with Gasteiger partial charge in [0, 0.05) is 44.6 Å². The monoisotopic (exact) mass is 278 g/mol. The van der Waals surface area contributed by atoms with Crippen molar-refractivity contribution in [2.75, 3.05) is 19.6 Å². The molecule has 6 nitrogen and oxygen atoms in total. The van der Waals surface area contributed by atoms with E-state index in [1.165, 1.54) is 0 Å². The number of hydrogen-bond donors (Lipinski definition) is 1. The maximum absolute atomic E-state index is 11.4. The van der Waals surface area contributed by atoms with Crippen molar-refractivity contribution in [2.45, 2.75) is 39.4 Å². The number of aryl methyl sites for hydroxylation is 1. The fourth-order valence-corrected chi connectivity index (χ4v) is 2.64. The van der Waals surface area contributed by atoms with Gasteiger partial charge in [-0.1, -0.05) is 0 Å². The maximum atomic E-state index is 11.4. The van der Waals surface area contributed by atoms with Crippen LogP contribution in [0.2, 0.25) is 0 Å². The number of aromatic nitrogens is 2. The zero-order valence-corrected chi connectivity index (χ0v) is 12.3. The van der Waals surface area contributed by atoms with Gasteiger partial charge in [-0.2, -0.15) is 0 Å². The van der Waals surface area contributed by atoms with E-state index in [2.05, 4.69) is 14.9 Å². The van der Waals surface area contributed by atoms with Gasteiger partial charge in [-0.3, -0.25) is 24.6 Å². The van der Waals surface area contributed by atoms with E-state index in [1.54, 1.807) is 12.4 Å². The highest BCUT2D eigenvalue weighted by Crippen LogP contribution is 2.16. The van der Waals surface area contributed by atoms with Crippen molar-refractivity contribution in [3.63, 3.8) is 0 Å². The first-order valence-electron chi connectivity index (χ1n) is 6.96. The van der Waals surface area contributed by atoms with Crippen molar-refractivity contribution in [2.24, 2.45) is 0 Å². The summed E-state index contributed by atoms with van der Waals surface area (Å²) in [4.78, 5) is 24.2. The molecule has 1 aliphatic rings. The quantitative estimate of drug-likeness (QED) is 0.877. The van der Waals surface area contributed by atoms with Crippen molar-refractivity contribution in [1.82, 2.24) is 19.8 Å². The van der Waals surface area contributed by atoms with Crippen LogP contribution >= 0.6 is 0 Å². The molecule has 1 saturated heterocycles. The second-order valence-electron chi connectivity index (χ2n) is 5.51. The number of carboxylic acid groups (broad SMARTS) is 1. The van der Waals surface area contributed by atoms with E-state index in [4.69, 9.17) is 0 Å². The Morgan fingerprint density at radius 3 is 2.70 bits per heavy atom. The molecular formula is C14H22N4O2. The SMILES string of the molecule is Cc1nccnc1CN1CCN(C(C)C)C(C(=O)O)C1. The first kappa shape index (κ1) is 14.9. The Kier molecular flexibility index (Phi) is 4.67. The Morgan fingerprint density at radius 1 is 1.40 bits per heavy atom. The van der Waals surface area contributed by atoms with Crippen LogP contribution in [0.3, 0.4) is 0 Å². The normalized spacial score (nSPS) is 21.3. The summed E-state index contributed by atoms with van der Waals surface area (Å²) in [5, 5.41) is 9.40. The van der Waals surface area contributed by atoms with Crippen LogP contribution in [0.1, 0.15) is 25.2 Å². The molecule has 2 heterocycles. The van der Waals surface area contributed by atoms with Gasteiger partial charge in [0.25, 0.3) is 0 Å². The second-order valence-corrected chi connectivity index (χ2v) is 5.51. The van der Waals surface area contributed by atoms with Crippen LogP contribution in [0.15, 0.2) is 12.4 Å². The minimum atomic E-state index is -0.751. The molecule has 0 radical (unpaired) electrons. The molecule has 6 heteroatoms. The third-order valence-electron chi connectivity index (χ3n) is 3.81. The molecule has 1 fully saturated rings. The number of carboxylic acids is 1. The Hall–Kier alpha value is -1.53. The first-order valence-corrected chi connectivity index (χ1v) is 6.96. The second kappa shape index (κ2) is 6.28. The molecule has 1 atom stereocenters. The third-order valence-corrected chi connectivity index (χ3v) is 3.81. The Bertz CT molecular complexity index is 478. The summed E-state index contributed by atoms with van der Waals surface area (Å²) in [5.74, 6) is -0.751. The summed E-state index contributed by atoms with van der Waals surface area (Å²) in [7, 11) is 0. The lowest BCUT2D eigenvalue weighted by Gasteiger charge is -2.41. The third kappa shape index (κ3) is 3.32. The molecule has 0 aromatic carbocycles. The molecule has 1 N–H and O–H groups in total. The molecule has 1 aromatic heterocycles. The molecule has 1 unspecified atom stereocenters. The highest BCUT2D eigenvalue weighted by Gasteiger charge is 2.33. The van der Waals surface area contributed by atoms with Gasteiger partial charge in [-0.25, -0.2) is 0 Å². The van der Waals surface area contributed by atoms with E-state index in [0.29, 0.717) is 13.1 Å². The summed E-state index contributed by atoms with van der Waals surface area (Å²) < 4.78 is 0. The smallest absolute Gasteiger partial charge is 0.322 e. The van der Waals surface area contributed by atoms with Crippen LogP contribution in [-0.2, 0) is 11.3 Å².